The fraction of sp³-hybridized carbons (Fsp3) is 0.421. The van der Waals surface area contributed by atoms with Crippen LogP contribution in [0.2, 0.25) is 0 Å². The summed E-state index contributed by atoms with van der Waals surface area (Å²) in [6, 6.07) is 10.5. The van der Waals surface area contributed by atoms with E-state index in [1.54, 1.807) is 18.2 Å². The van der Waals surface area contributed by atoms with Crippen molar-refractivity contribution in [3.05, 3.63) is 54.1 Å². The third kappa shape index (κ3) is 5.52. The molecule has 0 radical (unpaired) electrons. The van der Waals surface area contributed by atoms with Crippen LogP contribution in [0.1, 0.15) is 19.5 Å². The third-order valence-corrected chi connectivity index (χ3v) is 3.81. The number of benzene rings is 1. The van der Waals surface area contributed by atoms with Crippen molar-refractivity contribution in [1.29, 1.82) is 0 Å². The highest BCUT2D eigenvalue weighted by Gasteiger charge is 2.11. The molecule has 136 valence electrons. The van der Waals surface area contributed by atoms with Crippen molar-refractivity contribution in [2.75, 3.05) is 20.1 Å². The number of hydrogen-bond donors (Lipinski definition) is 1. The second-order valence-electron chi connectivity index (χ2n) is 6.02. The molecule has 0 spiro atoms. The van der Waals surface area contributed by atoms with Crippen molar-refractivity contribution in [1.82, 2.24) is 14.8 Å². The number of aryl methyl sites for hydroxylation is 1. The molecule has 1 atom stereocenters. The smallest absolute Gasteiger partial charge is 0.194 e. The van der Waals surface area contributed by atoms with Crippen molar-refractivity contribution >= 4 is 5.96 Å². The lowest BCUT2D eigenvalue weighted by atomic mass is 10.3. The first-order valence-electron chi connectivity index (χ1n) is 8.52. The van der Waals surface area contributed by atoms with Gasteiger partial charge >= 0.3 is 0 Å². The fourth-order valence-corrected chi connectivity index (χ4v) is 2.46. The molecule has 1 unspecified atom stereocenters. The highest BCUT2D eigenvalue weighted by molar-refractivity contribution is 5.79. The molecule has 0 bridgehead atoms. The fourth-order valence-electron chi connectivity index (χ4n) is 2.46. The van der Waals surface area contributed by atoms with Crippen LogP contribution in [0.15, 0.2) is 47.6 Å². The summed E-state index contributed by atoms with van der Waals surface area (Å²) in [6.45, 7) is 5.88. The van der Waals surface area contributed by atoms with E-state index in [9.17, 15) is 4.39 Å². The first kappa shape index (κ1) is 18.8. The molecule has 0 saturated heterocycles. The molecule has 5 nitrogen and oxygen atoms in total. The van der Waals surface area contributed by atoms with Gasteiger partial charge in [0.05, 0.1) is 13.1 Å². The maximum Gasteiger partial charge on any atom is 0.194 e. The van der Waals surface area contributed by atoms with Crippen LogP contribution in [-0.4, -0.2) is 41.7 Å². The molecule has 0 amide bonds. The average molecular weight is 346 g/mol. The largest absolute Gasteiger partial charge is 0.486 e. The number of nitrogens with zero attached hydrogens (tertiary/aromatic N) is 3. The number of guanidine groups is 1. The summed E-state index contributed by atoms with van der Waals surface area (Å²) in [5.41, 5.74) is 1.20. The van der Waals surface area contributed by atoms with E-state index in [-0.39, 0.29) is 17.7 Å². The Bertz CT molecular complexity index is 698. The van der Waals surface area contributed by atoms with Gasteiger partial charge in [0.15, 0.2) is 17.5 Å². The quantitative estimate of drug-likeness (QED) is 0.619. The predicted molar refractivity (Wildman–Crippen MR) is 99.3 cm³/mol. The zero-order valence-corrected chi connectivity index (χ0v) is 15.4. The number of nitrogens with one attached hydrogen (secondary N) is 1. The molecular formula is C19H27FN4O. The van der Waals surface area contributed by atoms with Gasteiger partial charge in [0.1, 0.15) is 6.10 Å². The lowest BCUT2D eigenvalue weighted by Gasteiger charge is -2.23. The van der Waals surface area contributed by atoms with Crippen molar-refractivity contribution in [2.45, 2.75) is 26.5 Å². The number of aromatic nitrogens is 1. The van der Waals surface area contributed by atoms with E-state index < -0.39 is 0 Å². The molecule has 1 aromatic carbocycles. The van der Waals surface area contributed by atoms with Gasteiger partial charge in [0, 0.05) is 32.5 Å². The van der Waals surface area contributed by atoms with E-state index in [0.717, 1.165) is 19.0 Å². The SMILES string of the molecule is CCNC(=NCC(C)Oc1ccccc1F)N(C)Cc1cccn1C. The summed E-state index contributed by atoms with van der Waals surface area (Å²) in [4.78, 5) is 6.69. The summed E-state index contributed by atoms with van der Waals surface area (Å²) >= 11 is 0. The van der Waals surface area contributed by atoms with Crippen LogP contribution >= 0.6 is 0 Å². The van der Waals surface area contributed by atoms with Crippen LogP contribution in [0, 0.1) is 5.82 Å². The minimum atomic E-state index is -0.355. The number of aliphatic imine (C=N–C) groups is 1. The summed E-state index contributed by atoms with van der Waals surface area (Å²) in [5, 5.41) is 3.28. The van der Waals surface area contributed by atoms with Crippen LogP contribution in [0.4, 0.5) is 4.39 Å². The summed E-state index contributed by atoms with van der Waals surface area (Å²) in [7, 11) is 4.02. The maximum atomic E-state index is 13.7. The minimum absolute atomic E-state index is 0.228. The highest BCUT2D eigenvalue weighted by atomic mass is 19.1. The van der Waals surface area contributed by atoms with Gasteiger partial charge in [0.25, 0.3) is 0 Å². The zero-order chi connectivity index (χ0) is 18.2. The van der Waals surface area contributed by atoms with Gasteiger partial charge < -0.3 is 19.5 Å². The van der Waals surface area contributed by atoms with Gasteiger partial charge in [-0.3, -0.25) is 0 Å². The average Bonchev–Trinajstić information content (AvgIpc) is 2.98. The normalized spacial score (nSPS) is 12.8. The maximum absolute atomic E-state index is 13.7. The molecule has 25 heavy (non-hydrogen) atoms. The van der Waals surface area contributed by atoms with Crippen molar-refractivity contribution in [2.24, 2.45) is 12.0 Å². The molecule has 0 aliphatic carbocycles. The Morgan fingerprint density at radius 1 is 1.32 bits per heavy atom. The highest BCUT2D eigenvalue weighted by Crippen LogP contribution is 2.17. The molecule has 0 aliphatic rings. The first-order chi connectivity index (χ1) is 12.0. The Kier molecular flexibility index (Phi) is 6.86. The van der Waals surface area contributed by atoms with Crippen LogP contribution in [0.5, 0.6) is 5.75 Å². The molecule has 0 aliphatic heterocycles. The van der Waals surface area contributed by atoms with E-state index in [4.69, 9.17) is 4.74 Å². The summed E-state index contributed by atoms with van der Waals surface area (Å²) in [5.74, 6) is 0.700. The molecule has 2 aromatic rings. The molecule has 0 saturated carbocycles. The van der Waals surface area contributed by atoms with Crippen LogP contribution < -0.4 is 10.1 Å². The van der Waals surface area contributed by atoms with E-state index in [0.29, 0.717) is 6.54 Å². The van der Waals surface area contributed by atoms with Crippen LogP contribution in [0.3, 0.4) is 0 Å². The Hall–Kier alpha value is -2.50. The molecule has 6 heteroatoms. The van der Waals surface area contributed by atoms with Crippen molar-refractivity contribution < 1.29 is 9.13 Å². The van der Waals surface area contributed by atoms with Gasteiger partial charge in [-0.15, -0.1) is 0 Å². The second-order valence-corrected chi connectivity index (χ2v) is 6.02. The van der Waals surface area contributed by atoms with Gasteiger partial charge in [-0.05, 0) is 38.1 Å². The Morgan fingerprint density at radius 2 is 2.08 bits per heavy atom. The van der Waals surface area contributed by atoms with E-state index in [2.05, 4.69) is 25.8 Å². The molecule has 0 fully saturated rings. The molecular weight excluding hydrogens is 319 g/mol. The molecule has 1 heterocycles. The molecule has 2 rings (SSSR count). The standard InChI is InChI=1S/C19H27FN4O/c1-5-21-19(24(4)14-16-9-8-12-23(16)3)22-13-15(2)25-18-11-7-6-10-17(18)20/h6-12,15H,5,13-14H2,1-4H3,(H,21,22). The van der Waals surface area contributed by atoms with E-state index in [1.807, 2.05) is 40.2 Å². The number of ether oxygens (including phenoxy) is 1. The van der Waals surface area contributed by atoms with Gasteiger partial charge in [-0.2, -0.15) is 0 Å². The lowest BCUT2D eigenvalue weighted by molar-refractivity contribution is 0.219. The topological polar surface area (TPSA) is 41.8 Å². The number of hydrogen-bond acceptors (Lipinski definition) is 2. The first-order valence-corrected chi connectivity index (χ1v) is 8.52. The van der Waals surface area contributed by atoms with Crippen molar-refractivity contribution in [3.8, 4) is 5.75 Å². The van der Waals surface area contributed by atoms with Gasteiger partial charge in [0.2, 0.25) is 0 Å². The van der Waals surface area contributed by atoms with E-state index in [1.165, 1.54) is 11.8 Å². The van der Waals surface area contributed by atoms with E-state index >= 15 is 0 Å². The Morgan fingerprint density at radius 3 is 2.72 bits per heavy atom. The molecule has 1 aromatic heterocycles. The summed E-state index contributed by atoms with van der Waals surface area (Å²) < 4.78 is 21.4. The van der Waals surface area contributed by atoms with Crippen molar-refractivity contribution in [3.63, 3.8) is 0 Å². The third-order valence-electron chi connectivity index (χ3n) is 3.81. The van der Waals surface area contributed by atoms with Crippen LogP contribution in [0.25, 0.3) is 0 Å². The number of halogens is 1. The number of para-hydroxylation sites is 1. The van der Waals surface area contributed by atoms with Gasteiger partial charge in [-0.25, -0.2) is 9.38 Å². The summed E-state index contributed by atoms with van der Waals surface area (Å²) in [6.07, 6.45) is 1.80. The molecule has 1 N–H and O–H groups in total. The Labute approximate surface area is 149 Å². The zero-order valence-electron chi connectivity index (χ0n) is 15.4. The minimum Gasteiger partial charge on any atom is -0.486 e. The van der Waals surface area contributed by atoms with Gasteiger partial charge in [-0.1, -0.05) is 12.1 Å². The monoisotopic (exact) mass is 346 g/mol. The predicted octanol–water partition coefficient (Wildman–Crippen LogP) is 3.03. The Balaban J connectivity index is 1.98. The second kappa shape index (κ2) is 9.11. The number of rotatable bonds is 7. The van der Waals surface area contributed by atoms with Crippen LogP contribution in [-0.2, 0) is 13.6 Å². The lowest BCUT2D eigenvalue weighted by Crippen LogP contribution is -2.39.